The van der Waals surface area contributed by atoms with Crippen LogP contribution in [0.1, 0.15) is 44.5 Å². The van der Waals surface area contributed by atoms with E-state index in [1.165, 1.54) is 55.9 Å². The van der Waals surface area contributed by atoms with Crippen molar-refractivity contribution in [3.63, 3.8) is 0 Å². The second-order valence-electron chi connectivity index (χ2n) is 17.3. The van der Waals surface area contributed by atoms with E-state index in [0.29, 0.717) is 0 Å². The first-order valence-corrected chi connectivity index (χ1v) is 22.3. The number of hydrogen-bond donors (Lipinski definition) is 0. The molecule has 2 spiro atoms. The molecule has 0 unspecified atom stereocenters. The molecule has 5 nitrogen and oxygen atoms in total. The van der Waals surface area contributed by atoms with E-state index in [-0.39, 0.29) is 0 Å². The number of aromatic nitrogens is 3. The lowest BCUT2D eigenvalue weighted by Crippen LogP contribution is -2.49. The van der Waals surface area contributed by atoms with E-state index >= 15 is 0 Å². The molecule has 65 heavy (non-hydrogen) atoms. The van der Waals surface area contributed by atoms with Crippen molar-refractivity contribution in [2.24, 2.45) is 0 Å². The van der Waals surface area contributed by atoms with Gasteiger partial charge in [-0.15, -0.1) is 0 Å². The van der Waals surface area contributed by atoms with E-state index < -0.39 is 10.8 Å². The zero-order chi connectivity index (χ0) is 42.7. The number of anilines is 6. The molecule has 3 aliphatic rings. The van der Waals surface area contributed by atoms with Gasteiger partial charge in [-0.25, -0.2) is 0 Å². The van der Waals surface area contributed by atoms with Crippen molar-refractivity contribution in [1.29, 1.82) is 0 Å². The molecular formula is C60H39N5. The first-order valence-electron chi connectivity index (χ1n) is 22.3. The maximum Gasteiger partial charge on any atom is 0.0963 e. The van der Waals surface area contributed by atoms with Crippen molar-refractivity contribution in [3.05, 3.63) is 281 Å². The van der Waals surface area contributed by atoms with Crippen LogP contribution in [0.4, 0.5) is 34.1 Å². The fraction of sp³-hybridized carbons (Fsp3) is 0.0333. The summed E-state index contributed by atoms with van der Waals surface area (Å²) in [5, 5.41) is 1.10. The summed E-state index contributed by atoms with van der Waals surface area (Å²) in [7, 11) is 0. The number of para-hydroxylation sites is 5. The minimum Gasteiger partial charge on any atom is -0.310 e. The normalized spacial score (nSPS) is 14.6. The van der Waals surface area contributed by atoms with Crippen LogP contribution in [0.15, 0.2) is 237 Å². The van der Waals surface area contributed by atoms with Crippen molar-refractivity contribution in [2.75, 3.05) is 9.80 Å². The third-order valence-corrected chi connectivity index (χ3v) is 14.3. The van der Waals surface area contributed by atoms with Crippen LogP contribution in [0, 0.1) is 0 Å². The first-order chi connectivity index (χ1) is 32.3. The maximum atomic E-state index is 4.90. The van der Waals surface area contributed by atoms with Crippen LogP contribution in [0.5, 0.6) is 0 Å². The summed E-state index contributed by atoms with van der Waals surface area (Å²) in [5.41, 5.74) is 19.8. The molecular weight excluding hydrogens is 791 g/mol. The van der Waals surface area contributed by atoms with Gasteiger partial charge in [-0.3, -0.25) is 9.97 Å². The van der Waals surface area contributed by atoms with Crippen LogP contribution in [-0.4, -0.2) is 14.5 Å². The number of hydrogen-bond acceptors (Lipinski definition) is 4. The van der Waals surface area contributed by atoms with Gasteiger partial charge >= 0.3 is 0 Å². The Bertz CT molecular complexity index is 3560. The van der Waals surface area contributed by atoms with E-state index in [0.717, 1.165) is 50.4 Å². The van der Waals surface area contributed by atoms with Crippen LogP contribution >= 0.6 is 0 Å². The lowest BCUT2D eigenvalue weighted by molar-refractivity contribution is 0.607. The second kappa shape index (κ2) is 13.5. The standard InChI is InChI=1S/C60H39N5/c1-2-18-40(19-3-1)63-52-29-12-8-25-48(52)59(49-26-9-13-30-53(49)63)44-21-4-6-23-46(44)60(47-24-7-5-22-45(47)59)50-27-10-14-31-54(50)64(55-32-15-11-28-51(55)60)41-34-35-43-57(38-41)65(42-20-16-36-61-39-42)56-33-17-37-62-58(43)56/h1-39H. The van der Waals surface area contributed by atoms with Crippen LogP contribution in [0.25, 0.3) is 27.6 Å². The fourth-order valence-electron chi connectivity index (χ4n) is 12.1. The van der Waals surface area contributed by atoms with Gasteiger partial charge in [-0.2, -0.15) is 0 Å². The van der Waals surface area contributed by atoms with Crippen molar-refractivity contribution in [2.45, 2.75) is 10.8 Å². The molecule has 5 heteroatoms. The highest BCUT2D eigenvalue weighted by Gasteiger charge is 2.58. The number of pyridine rings is 2. The molecule has 5 heterocycles. The summed E-state index contributed by atoms with van der Waals surface area (Å²) in [4.78, 5) is 14.4. The van der Waals surface area contributed by atoms with Gasteiger partial charge in [0.25, 0.3) is 0 Å². The van der Waals surface area contributed by atoms with Crippen molar-refractivity contribution >= 4 is 56.1 Å². The minimum atomic E-state index is -0.665. The average Bonchev–Trinajstić information content (AvgIpc) is 3.71. The molecule has 0 saturated carbocycles. The number of rotatable bonds is 3. The summed E-state index contributed by atoms with van der Waals surface area (Å²) in [6, 6.07) is 80.9. The summed E-state index contributed by atoms with van der Waals surface area (Å²) in [6.45, 7) is 0. The molecule has 8 aromatic carbocycles. The molecule has 0 atom stereocenters. The Balaban J connectivity index is 1.07. The molecule has 1 aliphatic carbocycles. The summed E-state index contributed by atoms with van der Waals surface area (Å²) in [5.74, 6) is 0. The lowest BCUT2D eigenvalue weighted by Gasteiger charge is -2.56. The van der Waals surface area contributed by atoms with Gasteiger partial charge in [0.2, 0.25) is 0 Å². The number of fused-ring (bicyclic) bond motifs is 17. The van der Waals surface area contributed by atoms with E-state index in [2.05, 4.69) is 226 Å². The number of nitrogens with zero attached hydrogens (tertiary/aromatic N) is 5. The predicted molar refractivity (Wildman–Crippen MR) is 263 cm³/mol. The molecule has 0 amide bonds. The van der Waals surface area contributed by atoms with Gasteiger partial charge in [-0.05, 0) is 123 Å². The van der Waals surface area contributed by atoms with E-state index in [4.69, 9.17) is 4.98 Å². The Kier molecular flexibility index (Phi) is 7.47. The smallest absolute Gasteiger partial charge is 0.0963 e. The van der Waals surface area contributed by atoms with Crippen molar-refractivity contribution < 1.29 is 0 Å². The SMILES string of the molecule is c1ccc(N2c3ccccc3C3(c4ccccc42)c2ccccc2C2(c4ccccc4N(c4ccc5c6ncccc6n(-c6cccnc6)c5c4)c4ccccc42)c2ccccc23)cc1. The summed E-state index contributed by atoms with van der Waals surface area (Å²) >= 11 is 0. The largest absolute Gasteiger partial charge is 0.310 e. The third kappa shape index (κ3) is 4.61. The zero-order valence-corrected chi connectivity index (χ0v) is 35.3. The third-order valence-electron chi connectivity index (χ3n) is 14.3. The monoisotopic (exact) mass is 829 g/mol. The van der Waals surface area contributed by atoms with Crippen LogP contribution in [0.3, 0.4) is 0 Å². The lowest BCUT2D eigenvalue weighted by atomic mass is 9.49. The molecule has 11 aromatic rings. The quantitative estimate of drug-likeness (QED) is 0.178. The Hall–Kier alpha value is -8.54. The molecule has 2 aliphatic heterocycles. The Labute approximate surface area is 376 Å². The Morgan fingerprint density at radius 3 is 1.25 bits per heavy atom. The van der Waals surface area contributed by atoms with E-state index in [9.17, 15) is 0 Å². The molecule has 0 fully saturated rings. The van der Waals surface area contributed by atoms with E-state index in [1.807, 2.05) is 30.7 Å². The van der Waals surface area contributed by atoms with Crippen LogP contribution < -0.4 is 9.80 Å². The molecule has 0 saturated heterocycles. The van der Waals surface area contributed by atoms with Crippen molar-refractivity contribution in [1.82, 2.24) is 14.5 Å². The maximum absolute atomic E-state index is 4.90. The first kappa shape index (κ1) is 36.0. The topological polar surface area (TPSA) is 37.2 Å². The van der Waals surface area contributed by atoms with Gasteiger partial charge < -0.3 is 14.4 Å². The molecule has 14 rings (SSSR count). The molecule has 0 N–H and O–H groups in total. The molecule has 0 radical (unpaired) electrons. The van der Waals surface area contributed by atoms with Crippen molar-refractivity contribution in [3.8, 4) is 5.69 Å². The van der Waals surface area contributed by atoms with Crippen LogP contribution in [0.2, 0.25) is 0 Å². The van der Waals surface area contributed by atoms with Crippen LogP contribution in [-0.2, 0) is 10.8 Å². The second-order valence-corrected chi connectivity index (χ2v) is 17.3. The summed E-state index contributed by atoms with van der Waals surface area (Å²) < 4.78 is 2.29. The zero-order valence-electron chi connectivity index (χ0n) is 35.3. The van der Waals surface area contributed by atoms with Gasteiger partial charge in [0.05, 0.1) is 62.0 Å². The van der Waals surface area contributed by atoms with Gasteiger partial charge in [0.1, 0.15) is 0 Å². The molecule has 0 bridgehead atoms. The van der Waals surface area contributed by atoms with E-state index in [1.54, 1.807) is 0 Å². The average molecular weight is 830 g/mol. The Morgan fingerprint density at radius 1 is 0.323 bits per heavy atom. The Morgan fingerprint density at radius 2 is 0.754 bits per heavy atom. The minimum absolute atomic E-state index is 0.628. The number of benzene rings is 8. The predicted octanol–water partition coefficient (Wildman–Crippen LogP) is 14.2. The highest BCUT2D eigenvalue weighted by Crippen LogP contribution is 2.68. The fourth-order valence-corrected chi connectivity index (χ4v) is 12.1. The van der Waals surface area contributed by atoms with Gasteiger partial charge in [0.15, 0.2) is 0 Å². The molecule has 304 valence electrons. The highest BCUT2D eigenvalue weighted by molar-refractivity contribution is 6.08. The van der Waals surface area contributed by atoms with Gasteiger partial charge in [0, 0.05) is 29.2 Å². The highest BCUT2D eigenvalue weighted by atomic mass is 15.2. The summed E-state index contributed by atoms with van der Waals surface area (Å²) in [6.07, 6.45) is 5.64. The van der Waals surface area contributed by atoms with Gasteiger partial charge in [-0.1, -0.05) is 140 Å². The molecule has 3 aromatic heterocycles.